The van der Waals surface area contributed by atoms with Crippen LogP contribution in [0.3, 0.4) is 0 Å². The Morgan fingerprint density at radius 2 is 1.94 bits per heavy atom. The minimum atomic E-state index is -4.23. The van der Waals surface area contributed by atoms with Crippen LogP contribution in [0.4, 0.5) is 18.9 Å². The van der Waals surface area contributed by atoms with Crippen molar-refractivity contribution in [1.82, 2.24) is 0 Å². The molecular formula is C13H16F3NO. The van der Waals surface area contributed by atoms with Gasteiger partial charge in [-0.3, -0.25) is 0 Å². The topological polar surface area (TPSA) is 23.5 Å². The number of aliphatic hydroxyl groups is 1. The van der Waals surface area contributed by atoms with Crippen molar-refractivity contribution < 1.29 is 18.3 Å². The lowest BCUT2D eigenvalue weighted by Crippen LogP contribution is -2.36. The van der Waals surface area contributed by atoms with E-state index in [-0.39, 0.29) is 6.04 Å². The molecule has 0 spiro atoms. The minimum absolute atomic E-state index is 0.0495. The Bertz CT molecular complexity index is 413. The number of nitrogens with zero attached hydrogens (tertiary/aromatic N) is 1. The van der Waals surface area contributed by atoms with Gasteiger partial charge in [0.15, 0.2) is 0 Å². The average Bonchev–Trinajstić information content (AvgIpc) is 3.08. The van der Waals surface area contributed by atoms with Crippen molar-refractivity contribution in [2.75, 3.05) is 11.4 Å². The van der Waals surface area contributed by atoms with Crippen LogP contribution in [0.2, 0.25) is 0 Å². The van der Waals surface area contributed by atoms with Gasteiger partial charge in [-0.05, 0) is 25.8 Å². The van der Waals surface area contributed by atoms with Crippen LogP contribution in [-0.4, -0.2) is 23.9 Å². The molecular weight excluding hydrogens is 243 g/mol. The number of halogens is 3. The molecule has 1 atom stereocenters. The van der Waals surface area contributed by atoms with Crippen LogP contribution < -0.4 is 4.90 Å². The quantitative estimate of drug-likeness (QED) is 0.897. The highest BCUT2D eigenvalue weighted by Crippen LogP contribution is 2.37. The van der Waals surface area contributed by atoms with E-state index in [0.717, 1.165) is 12.8 Å². The molecule has 5 heteroatoms. The number of hydrogen-bond donors (Lipinski definition) is 1. The number of benzene rings is 1. The van der Waals surface area contributed by atoms with Gasteiger partial charge in [0.05, 0.1) is 6.10 Å². The molecule has 1 aromatic carbocycles. The summed E-state index contributed by atoms with van der Waals surface area (Å²) in [5.74, 6) is 0. The highest BCUT2D eigenvalue weighted by molar-refractivity contribution is 5.56. The molecule has 0 saturated heterocycles. The maximum Gasteiger partial charge on any atom is 0.405 e. The van der Waals surface area contributed by atoms with Crippen LogP contribution >= 0.6 is 0 Å². The van der Waals surface area contributed by atoms with Gasteiger partial charge >= 0.3 is 6.18 Å². The van der Waals surface area contributed by atoms with Gasteiger partial charge < -0.3 is 10.0 Å². The molecule has 0 aromatic heterocycles. The zero-order valence-electron chi connectivity index (χ0n) is 10.1. The molecule has 0 radical (unpaired) electrons. The SMILES string of the molecule is C[C@@H](O)c1ccccc1N(CC(F)(F)F)C1CC1. The van der Waals surface area contributed by atoms with E-state index in [2.05, 4.69) is 0 Å². The van der Waals surface area contributed by atoms with E-state index in [1.165, 1.54) is 4.90 Å². The second-order valence-electron chi connectivity index (χ2n) is 4.71. The molecule has 18 heavy (non-hydrogen) atoms. The van der Waals surface area contributed by atoms with Crippen molar-refractivity contribution in [3.05, 3.63) is 29.8 Å². The predicted molar refractivity (Wildman–Crippen MR) is 63.5 cm³/mol. The first-order valence-corrected chi connectivity index (χ1v) is 5.99. The van der Waals surface area contributed by atoms with Gasteiger partial charge in [-0.15, -0.1) is 0 Å². The largest absolute Gasteiger partial charge is 0.405 e. The lowest BCUT2D eigenvalue weighted by molar-refractivity contribution is -0.120. The highest BCUT2D eigenvalue weighted by Gasteiger charge is 2.39. The maximum absolute atomic E-state index is 12.6. The maximum atomic E-state index is 12.6. The Balaban J connectivity index is 2.31. The molecule has 1 aliphatic rings. The smallest absolute Gasteiger partial charge is 0.389 e. The van der Waals surface area contributed by atoms with Gasteiger partial charge in [-0.25, -0.2) is 0 Å². The zero-order chi connectivity index (χ0) is 13.3. The highest BCUT2D eigenvalue weighted by atomic mass is 19.4. The Hall–Kier alpha value is -1.23. The number of hydrogen-bond acceptors (Lipinski definition) is 2. The third-order valence-corrected chi connectivity index (χ3v) is 3.03. The second-order valence-corrected chi connectivity index (χ2v) is 4.71. The first-order chi connectivity index (χ1) is 8.38. The summed E-state index contributed by atoms with van der Waals surface area (Å²) >= 11 is 0. The summed E-state index contributed by atoms with van der Waals surface area (Å²) in [6.07, 6.45) is -3.43. The first-order valence-electron chi connectivity index (χ1n) is 5.99. The van der Waals surface area contributed by atoms with Crippen molar-refractivity contribution in [2.24, 2.45) is 0 Å². The fraction of sp³-hybridized carbons (Fsp3) is 0.538. The average molecular weight is 259 g/mol. The lowest BCUT2D eigenvalue weighted by atomic mass is 10.1. The predicted octanol–water partition coefficient (Wildman–Crippen LogP) is 3.27. The fourth-order valence-electron chi connectivity index (χ4n) is 2.09. The number of anilines is 1. The van der Waals surface area contributed by atoms with Crippen molar-refractivity contribution in [2.45, 2.75) is 38.1 Å². The molecule has 0 heterocycles. The Morgan fingerprint density at radius 1 is 1.33 bits per heavy atom. The third-order valence-electron chi connectivity index (χ3n) is 3.03. The van der Waals surface area contributed by atoms with Crippen LogP contribution in [0.25, 0.3) is 0 Å². The Morgan fingerprint density at radius 3 is 2.44 bits per heavy atom. The standard InChI is InChI=1S/C13H16F3NO/c1-9(18)11-4-2-3-5-12(11)17(10-6-7-10)8-13(14,15)16/h2-5,9-10,18H,6-8H2,1H3/t9-/m1/s1. The van der Waals surface area contributed by atoms with Crippen LogP contribution in [-0.2, 0) is 0 Å². The van der Waals surface area contributed by atoms with Gasteiger partial charge in [-0.1, -0.05) is 18.2 Å². The summed E-state index contributed by atoms with van der Waals surface area (Å²) in [5, 5.41) is 9.65. The van der Waals surface area contributed by atoms with E-state index in [0.29, 0.717) is 11.3 Å². The van der Waals surface area contributed by atoms with Crippen LogP contribution in [0.15, 0.2) is 24.3 Å². The number of para-hydroxylation sites is 1. The normalized spacial score (nSPS) is 17.6. The molecule has 0 aliphatic heterocycles. The molecule has 1 N–H and O–H groups in total. The summed E-state index contributed by atoms with van der Waals surface area (Å²) < 4.78 is 37.8. The molecule has 2 rings (SSSR count). The summed E-state index contributed by atoms with van der Waals surface area (Å²) in [4.78, 5) is 1.36. The monoisotopic (exact) mass is 259 g/mol. The van der Waals surface area contributed by atoms with Crippen molar-refractivity contribution >= 4 is 5.69 Å². The van der Waals surface area contributed by atoms with Gasteiger partial charge in [0.1, 0.15) is 6.54 Å². The number of alkyl halides is 3. The van der Waals surface area contributed by atoms with E-state index in [9.17, 15) is 18.3 Å². The number of rotatable bonds is 4. The van der Waals surface area contributed by atoms with Crippen molar-refractivity contribution in [1.29, 1.82) is 0 Å². The molecule has 1 fully saturated rings. The first kappa shape index (κ1) is 13.2. The molecule has 1 saturated carbocycles. The molecule has 1 aromatic rings. The summed E-state index contributed by atoms with van der Waals surface area (Å²) in [5.41, 5.74) is 1.04. The van der Waals surface area contributed by atoms with E-state index < -0.39 is 18.8 Å². The lowest BCUT2D eigenvalue weighted by Gasteiger charge is -2.28. The molecule has 100 valence electrons. The Labute approximate surface area is 104 Å². The summed E-state index contributed by atoms with van der Waals surface area (Å²) in [6.45, 7) is 0.610. The van der Waals surface area contributed by atoms with Gasteiger partial charge in [0.2, 0.25) is 0 Å². The van der Waals surface area contributed by atoms with E-state index in [1.54, 1.807) is 31.2 Å². The van der Waals surface area contributed by atoms with E-state index in [1.807, 2.05) is 0 Å². The molecule has 2 nitrogen and oxygen atoms in total. The summed E-state index contributed by atoms with van der Waals surface area (Å²) in [6, 6.07) is 6.70. The molecule has 1 aliphatic carbocycles. The third kappa shape index (κ3) is 3.16. The van der Waals surface area contributed by atoms with Crippen molar-refractivity contribution in [3.63, 3.8) is 0 Å². The molecule has 0 amide bonds. The van der Waals surface area contributed by atoms with Crippen LogP contribution in [0.5, 0.6) is 0 Å². The molecule has 0 unspecified atom stereocenters. The van der Waals surface area contributed by atoms with Crippen LogP contribution in [0.1, 0.15) is 31.4 Å². The fourth-order valence-corrected chi connectivity index (χ4v) is 2.09. The summed E-state index contributed by atoms with van der Waals surface area (Å²) in [7, 11) is 0. The van der Waals surface area contributed by atoms with E-state index >= 15 is 0 Å². The van der Waals surface area contributed by atoms with Gasteiger partial charge in [0.25, 0.3) is 0 Å². The number of aliphatic hydroxyl groups excluding tert-OH is 1. The minimum Gasteiger partial charge on any atom is -0.389 e. The zero-order valence-corrected chi connectivity index (χ0v) is 10.1. The van der Waals surface area contributed by atoms with Gasteiger partial charge in [0, 0.05) is 17.3 Å². The van der Waals surface area contributed by atoms with E-state index in [4.69, 9.17) is 0 Å². The van der Waals surface area contributed by atoms with Crippen LogP contribution in [0, 0.1) is 0 Å². The molecule has 0 bridgehead atoms. The van der Waals surface area contributed by atoms with Crippen molar-refractivity contribution in [3.8, 4) is 0 Å². The van der Waals surface area contributed by atoms with Gasteiger partial charge in [-0.2, -0.15) is 13.2 Å². The Kier molecular flexibility index (Phi) is 3.52. The second kappa shape index (κ2) is 4.80.